The maximum Gasteiger partial charge on any atom is 0.254 e. The molecule has 6 heteroatoms. The van der Waals surface area contributed by atoms with Crippen LogP contribution in [0, 0.1) is 5.92 Å². The van der Waals surface area contributed by atoms with Crippen LogP contribution in [0.1, 0.15) is 36.0 Å². The molecule has 0 unspecified atom stereocenters. The number of piperidine rings is 1. The Morgan fingerprint density at radius 1 is 1.24 bits per heavy atom. The summed E-state index contributed by atoms with van der Waals surface area (Å²) in [6, 6.07) is 3.68. The molecule has 0 spiro atoms. The first kappa shape index (κ1) is 14.5. The van der Waals surface area contributed by atoms with Crippen LogP contribution >= 0.6 is 15.9 Å². The van der Waals surface area contributed by atoms with E-state index in [-0.39, 0.29) is 23.8 Å². The van der Waals surface area contributed by atoms with Crippen LogP contribution in [0.15, 0.2) is 22.9 Å². The average molecular weight is 352 g/mol. The van der Waals surface area contributed by atoms with E-state index in [9.17, 15) is 9.59 Å². The molecule has 1 N–H and O–H groups in total. The van der Waals surface area contributed by atoms with Gasteiger partial charge in [0, 0.05) is 36.8 Å². The number of pyridine rings is 1. The number of rotatable bonds is 3. The smallest absolute Gasteiger partial charge is 0.254 e. The highest BCUT2D eigenvalue weighted by Gasteiger charge is 2.32. The lowest BCUT2D eigenvalue weighted by molar-refractivity contribution is -0.123. The van der Waals surface area contributed by atoms with Crippen molar-refractivity contribution in [3.63, 3.8) is 0 Å². The van der Waals surface area contributed by atoms with E-state index < -0.39 is 0 Å². The molecule has 2 heterocycles. The van der Waals surface area contributed by atoms with Crippen molar-refractivity contribution >= 4 is 27.7 Å². The third kappa shape index (κ3) is 3.61. The van der Waals surface area contributed by atoms with Crippen molar-refractivity contribution < 1.29 is 9.59 Å². The minimum absolute atomic E-state index is 0.0325. The molecule has 1 saturated heterocycles. The van der Waals surface area contributed by atoms with Crippen molar-refractivity contribution in [3.05, 3.63) is 28.5 Å². The van der Waals surface area contributed by atoms with Gasteiger partial charge in [-0.05, 0) is 53.7 Å². The monoisotopic (exact) mass is 351 g/mol. The van der Waals surface area contributed by atoms with E-state index in [0.717, 1.165) is 25.7 Å². The van der Waals surface area contributed by atoms with Crippen LogP contribution in [0.4, 0.5) is 0 Å². The summed E-state index contributed by atoms with van der Waals surface area (Å²) in [6.07, 6.45) is 5.34. The van der Waals surface area contributed by atoms with Crippen LogP contribution in [0.2, 0.25) is 0 Å². The first-order valence-electron chi connectivity index (χ1n) is 7.34. The molecule has 1 aromatic heterocycles. The highest BCUT2D eigenvalue weighted by molar-refractivity contribution is 9.10. The quantitative estimate of drug-likeness (QED) is 0.847. The standard InChI is InChI=1S/C15H18BrN3O2/c16-13-9-11(3-6-17-13)15(21)19-7-4-12(5-8-19)18-14(20)10-1-2-10/h3,6,9-10,12H,1-2,4-5,7-8H2,(H,18,20). The number of carbonyl (C=O) groups excluding carboxylic acids is 2. The van der Waals surface area contributed by atoms with Crippen LogP contribution in [0.5, 0.6) is 0 Å². The maximum atomic E-state index is 12.4. The van der Waals surface area contributed by atoms with E-state index in [0.29, 0.717) is 23.3 Å². The highest BCUT2D eigenvalue weighted by atomic mass is 79.9. The van der Waals surface area contributed by atoms with Gasteiger partial charge in [-0.1, -0.05) is 0 Å². The Morgan fingerprint density at radius 3 is 2.57 bits per heavy atom. The van der Waals surface area contributed by atoms with Gasteiger partial charge < -0.3 is 10.2 Å². The lowest BCUT2D eigenvalue weighted by Gasteiger charge is -2.32. The second-order valence-corrected chi connectivity index (χ2v) is 6.53. The molecule has 2 fully saturated rings. The number of nitrogens with one attached hydrogen (secondary N) is 1. The number of hydrogen-bond acceptors (Lipinski definition) is 3. The second kappa shape index (κ2) is 6.13. The molecule has 1 aliphatic carbocycles. The molecule has 0 atom stereocenters. The van der Waals surface area contributed by atoms with Crippen molar-refractivity contribution in [2.75, 3.05) is 13.1 Å². The summed E-state index contributed by atoms with van der Waals surface area (Å²) in [6.45, 7) is 1.38. The number of hydrogen-bond donors (Lipinski definition) is 1. The van der Waals surface area contributed by atoms with Gasteiger partial charge in [-0.3, -0.25) is 9.59 Å². The van der Waals surface area contributed by atoms with Crippen molar-refractivity contribution in [1.82, 2.24) is 15.2 Å². The first-order chi connectivity index (χ1) is 10.1. The Hall–Kier alpha value is -1.43. The van der Waals surface area contributed by atoms with E-state index in [1.807, 2.05) is 4.90 Å². The zero-order valence-corrected chi connectivity index (χ0v) is 13.3. The third-order valence-electron chi connectivity index (χ3n) is 4.05. The normalized spacial score (nSPS) is 19.4. The summed E-state index contributed by atoms with van der Waals surface area (Å²) in [5.74, 6) is 0.474. The van der Waals surface area contributed by atoms with E-state index >= 15 is 0 Å². The minimum Gasteiger partial charge on any atom is -0.353 e. The minimum atomic E-state index is 0.0325. The molecule has 3 rings (SSSR count). The summed E-state index contributed by atoms with van der Waals surface area (Å²) in [5.41, 5.74) is 0.650. The zero-order valence-electron chi connectivity index (χ0n) is 11.7. The summed E-state index contributed by atoms with van der Waals surface area (Å²) in [7, 11) is 0. The Morgan fingerprint density at radius 2 is 1.95 bits per heavy atom. The van der Waals surface area contributed by atoms with Crippen molar-refractivity contribution in [3.8, 4) is 0 Å². The van der Waals surface area contributed by atoms with Crippen molar-refractivity contribution in [1.29, 1.82) is 0 Å². The van der Waals surface area contributed by atoms with Crippen molar-refractivity contribution in [2.45, 2.75) is 31.7 Å². The van der Waals surface area contributed by atoms with Gasteiger partial charge in [0.15, 0.2) is 0 Å². The summed E-state index contributed by atoms with van der Waals surface area (Å²) in [5, 5.41) is 3.09. The van der Waals surface area contributed by atoms with E-state index in [4.69, 9.17) is 0 Å². The predicted octanol–water partition coefficient (Wildman–Crippen LogP) is 1.97. The van der Waals surface area contributed by atoms with Gasteiger partial charge in [-0.25, -0.2) is 4.98 Å². The molecular formula is C15H18BrN3O2. The third-order valence-corrected chi connectivity index (χ3v) is 4.48. The van der Waals surface area contributed by atoms with Gasteiger partial charge >= 0.3 is 0 Å². The fourth-order valence-electron chi connectivity index (χ4n) is 2.61. The molecule has 0 radical (unpaired) electrons. The molecule has 1 saturated carbocycles. The topological polar surface area (TPSA) is 62.3 Å². The Balaban J connectivity index is 1.53. The molecule has 0 aromatic carbocycles. The fourth-order valence-corrected chi connectivity index (χ4v) is 2.97. The summed E-state index contributed by atoms with van der Waals surface area (Å²) in [4.78, 5) is 30.0. The Bertz CT molecular complexity index is 552. The van der Waals surface area contributed by atoms with Gasteiger partial charge in [-0.15, -0.1) is 0 Å². The van der Waals surface area contributed by atoms with Gasteiger partial charge in [0.05, 0.1) is 0 Å². The van der Waals surface area contributed by atoms with Gasteiger partial charge in [0.25, 0.3) is 5.91 Å². The first-order valence-corrected chi connectivity index (χ1v) is 8.14. The summed E-state index contributed by atoms with van der Waals surface area (Å²) < 4.78 is 0.667. The molecule has 112 valence electrons. The molecule has 2 amide bonds. The number of likely N-dealkylation sites (tertiary alicyclic amines) is 1. The molecule has 1 aromatic rings. The maximum absolute atomic E-state index is 12.4. The molecule has 2 aliphatic rings. The number of carbonyl (C=O) groups is 2. The fraction of sp³-hybridized carbons (Fsp3) is 0.533. The van der Waals surface area contributed by atoms with Gasteiger partial charge in [-0.2, -0.15) is 0 Å². The van der Waals surface area contributed by atoms with Crippen LogP contribution < -0.4 is 5.32 Å². The number of halogens is 1. The second-order valence-electron chi connectivity index (χ2n) is 5.72. The Kier molecular flexibility index (Phi) is 4.24. The lowest BCUT2D eigenvalue weighted by atomic mass is 10.0. The SMILES string of the molecule is O=C(NC1CCN(C(=O)c2ccnc(Br)c2)CC1)C1CC1. The van der Waals surface area contributed by atoms with E-state index in [1.165, 1.54) is 0 Å². The molecule has 1 aliphatic heterocycles. The van der Waals surface area contributed by atoms with Crippen LogP contribution in [-0.2, 0) is 4.79 Å². The molecule has 5 nitrogen and oxygen atoms in total. The van der Waals surface area contributed by atoms with E-state index in [2.05, 4.69) is 26.2 Å². The van der Waals surface area contributed by atoms with Gasteiger partial charge in [0.1, 0.15) is 4.60 Å². The molecular weight excluding hydrogens is 334 g/mol. The average Bonchev–Trinajstić information content (AvgIpc) is 3.32. The number of aromatic nitrogens is 1. The van der Waals surface area contributed by atoms with Crippen LogP contribution in [0.25, 0.3) is 0 Å². The van der Waals surface area contributed by atoms with Gasteiger partial charge in [0.2, 0.25) is 5.91 Å². The largest absolute Gasteiger partial charge is 0.353 e. The lowest BCUT2D eigenvalue weighted by Crippen LogP contribution is -2.46. The number of nitrogens with zero attached hydrogens (tertiary/aromatic N) is 2. The molecule has 21 heavy (non-hydrogen) atoms. The summed E-state index contributed by atoms with van der Waals surface area (Å²) >= 11 is 3.28. The highest BCUT2D eigenvalue weighted by Crippen LogP contribution is 2.29. The predicted molar refractivity (Wildman–Crippen MR) is 81.7 cm³/mol. The van der Waals surface area contributed by atoms with Crippen molar-refractivity contribution in [2.24, 2.45) is 5.92 Å². The molecule has 0 bridgehead atoms. The van der Waals surface area contributed by atoms with Crippen LogP contribution in [0.3, 0.4) is 0 Å². The Labute approximate surface area is 132 Å². The number of amides is 2. The zero-order chi connectivity index (χ0) is 14.8. The van der Waals surface area contributed by atoms with Crippen LogP contribution in [-0.4, -0.2) is 40.8 Å². The van der Waals surface area contributed by atoms with E-state index in [1.54, 1.807) is 18.3 Å².